The Balaban J connectivity index is -0.00000116. The van der Waals surface area contributed by atoms with E-state index in [1.54, 1.807) is 0 Å². The number of carboxylic acid groups (broad SMARTS) is 1. The van der Waals surface area contributed by atoms with Gasteiger partial charge in [-0.1, -0.05) is 83.3 Å². The average Bonchev–Trinajstić information content (AvgIpc) is 2.62. The molecule has 0 fully saturated rings. The zero-order valence-corrected chi connectivity index (χ0v) is 21.1. The average molecular weight is 475 g/mol. The molecule has 1 N–H and O–H groups in total. The van der Waals surface area contributed by atoms with Gasteiger partial charge < -0.3 is 29.1 Å². The standard InChI is InChI=1S/C22H40O3.Al.H3O4P/c1-2-3-4-5-6-7-8-9-10-11-12-13-14-15-16-17-18-19-21(23)20-22(24)25;;1-5(2,3)4/h9-10H,2-8,11-20H2,1H3,(H,24,25);;(H3,1,2,3,4)/q;+3;/p-3. The van der Waals surface area contributed by atoms with Crippen molar-refractivity contribution in [3.8, 4) is 0 Å². The predicted octanol–water partition coefficient (Wildman–Crippen LogP) is 2.94. The summed E-state index contributed by atoms with van der Waals surface area (Å²) in [6.45, 7) is 2.26. The molecule has 0 amide bonds. The van der Waals surface area contributed by atoms with Gasteiger partial charge in [0.05, 0.1) is 7.82 Å². The summed E-state index contributed by atoms with van der Waals surface area (Å²) in [4.78, 5) is 45.7. The second-order valence-electron chi connectivity index (χ2n) is 7.60. The molecule has 0 saturated carbocycles. The van der Waals surface area contributed by atoms with Crippen molar-refractivity contribution in [2.45, 2.75) is 116 Å². The molecule has 0 aliphatic heterocycles. The minimum absolute atomic E-state index is 0. The minimum Gasteiger partial charge on any atom is -0.790 e. The number of carbonyl (C=O) groups is 2. The first-order valence-electron chi connectivity index (χ1n) is 11.3. The molecule has 0 unspecified atom stereocenters. The summed E-state index contributed by atoms with van der Waals surface area (Å²) in [7, 11) is -5.14. The van der Waals surface area contributed by atoms with Gasteiger partial charge in [-0.15, -0.1) is 0 Å². The first-order valence-corrected chi connectivity index (χ1v) is 12.8. The number of unbranched alkanes of at least 4 members (excludes halogenated alkanes) is 13. The summed E-state index contributed by atoms with van der Waals surface area (Å²) in [6, 6.07) is 0. The summed E-state index contributed by atoms with van der Waals surface area (Å²) in [5, 5.41) is 10.3. The van der Waals surface area contributed by atoms with Gasteiger partial charge in [-0.25, -0.2) is 0 Å². The topological polar surface area (TPSA) is 141 Å². The number of carboxylic acids is 1. The van der Waals surface area contributed by atoms with Crippen LogP contribution in [0.4, 0.5) is 0 Å². The number of ketones is 1. The van der Waals surface area contributed by atoms with Crippen LogP contribution < -0.4 is 14.9 Å². The number of hydrogen-bond donors (Lipinski definition) is 1. The van der Waals surface area contributed by atoms with Crippen LogP contribution >= 0.6 is 7.82 Å². The number of carbonyl (C=O) groups excluding carboxylic acids is 2. The van der Waals surface area contributed by atoms with E-state index in [2.05, 4.69) is 19.1 Å². The maximum Gasteiger partial charge on any atom is 3.00 e. The molecule has 0 aliphatic rings. The van der Waals surface area contributed by atoms with Gasteiger partial charge >= 0.3 is 17.4 Å². The van der Waals surface area contributed by atoms with E-state index in [9.17, 15) is 14.7 Å². The Hall–Kier alpha value is -0.478. The van der Waals surface area contributed by atoms with E-state index in [1.165, 1.54) is 77.0 Å². The molecule has 0 aliphatic carbocycles. The molecular weight excluding hydrogens is 434 g/mol. The summed E-state index contributed by atoms with van der Waals surface area (Å²) < 4.78 is 8.66. The summed E-state index contributed by atoms with van der Waals surface area (Å²) in [6.07, 6.45) is 23.3. The van der Waals surface area contributed by atoms with Gasteiger partial charge in [-0.2, -0.15) is 0 Å². The fourth-order valence-electron chi connectivity index (χ4n) is 3.00. The monoisotopic (exact) mass is 474 g/mol. The second-order valence-corrected chi connectivity index (χ2v) is 8.53. The molecule has 0 heterocycles. The van der Waals surface area contributed by atoms with Gasteiger partial charge in [0, 0.05) is 18.8 Å². The molecule has 0 atom stereocenters. The number of rotatable bonds is 19. The maximum absolute atomic E-state index is 11.2. The van der Waals surface area contributed by atoms with Crippen LogP contribution in [0.1, 0.15) is 116 Å². The van der Waals surface area contributed by atoms with Crippen molar-refractivity contribution >= 4 is 36.9 Å². The van der Waals surface area contributed by atoms with Gasteiger partial charge in [0.15, 0.2) is 0 Å². The van der Waals surface area contributed by atoms with Crippen molar-refractivity contribution in [2.75, 3.05) is 0 Å². The second kappa shape index (κ2) is 25.8. The fraction of sp³-hybridized carbons (Fsp3) is 0.818. The molecule has 0 aromatic carbocycles. The smallest absolute Gasteiger partial charge is 0.790 e. The van der Waals surface area contributed by atoms with E-state index in [0.717, 1.165) is 19.3 Å². The Morgan fingerprint density at radius 3 is 1.52 bits per heavy atom. The van der Waals surface area contributed by atoms with Crippen LogP contribution in [0.3, 0.4) is 0 Å². The van der Waals surface area contributed by atoms with E-state index in [4.69, 9.17) is 19.2 Å². The van der Waals surface area contributed by atoms with Gasteiger partial charge in [0.2, 0.25) is 0 Å². The number of phosphoric acid groups is 1. The van der Waals surface area contributed by atoms with Crippen LogP contribution in [0, 0.1) is 0 Å². The summed E-state index contributed by atoms with van der Waals surface area (Å²) >= 11 is 0. The predicted molar refractivity (Wildman–Crippen MR) is 119 cm³/mol. The Morgan fingerprint density at radius 2 is 1.13 bits per heavy atom. The van der Waals surface area contributed by atoms with Crippen molar-refractivity contribution in [3.63, 3.8) is 0 Å². The molecule has 0 radical (unpaired) electrons. The van der Waals surface area contributed by atoms with Crippen molar-refractivity contribution in [2.24, 2.45) is 0 Å². The van der Waals surface area contributed by atoms with Crippen LogP contribution in [-0.2, 0) is 14.2 Å². The van der Waals surface area contributed by atoms with Crippen molar-refractivity contribution < 1.29 is 33.9 Å². The van der Waals surface area contributed by atoms with Crippen LogP contribution in [0.5, 0.6) is 0 Å². The third-order valence-electron chi connectivity index (χ3n) is 4.56. The first-order chi connectivity index (χ1) is 14.2. The number of allylic oxidation sites excluding steroid dienone is 2. The van der Waals surface area contributed by atoms with Gasteiger partial charge in [-0.3, -0.25) is 4.79 Å². The zero-order chi connectivity index (χ0) is 23.1. The van der Waals surface area contributed by atoms with E-state index < -0.39 is 20.2 Å². The Bertz CT molecular complexity index is 484. The molecule has 0 bridgehead atoms. The number of Topliss-reactive ketones (excluding diaryl/α,β-unsaturated/α-hetero) is 1. The van der Waals surface area contributed by atoms with Gasteiger partial charge in [-0.05, 0) is 32.1 Å². The fourth-order valence-corrected chi connectivity index (χ4v) is 3.00. The van der Waals surface area contributed by atoms with E-state index in [-0.39, 0.29) is 23.1 Å². The van der Waals surface area contributed by atoms with E-state index in [1.807, 2.05) is 0 Å². The molecule has 0 saturated heterocycles. The molecule has 0 rings (SSSR count). The molecule has 9 heteroatoms. The largest absolute Gasteiger partial charge is 3.00 e. The number of aliphatic carboxylic acids is 1. The molecule has 0 aromatic rings. The van der Waals surface area contributed by atoms with E-state index in [0.29, 0.717) is 6.42 Å². The quantitative estimate of drug-likeness (QED) is 0.0997. The van der Waals surface area contributed by atoms with Gasteiger partial charge in [0.25, 0.3) is 0 Å². The maximum atomic E-state index is 11.2. The Kier molecular flexibility index (Phi) is 29.2. The number of hydrogen-bond acceptors (Lipinski definition) is 6. The summed E-state index contributed by atoms with van der Waals surface area (Å²) in [5.74, 6) is -1.46. The molecular formula is C22H40AlO7P. The molecule has 0 spiro atoms. The molecule has 7 nitrogen and oxygen atoms in total. The van der Waals surface area contributed by atoms with Crippen LogP contribution in [-0.4, -0.2) is 34.0 Å². The van der Waals surface area contributed by atoms with Crippen molar-refractivity contribution in [1.29, 1.82) is 0 Å². The molecule has 31 heavy (non-hydrogen) atoms. The van der Waals surface area contributed by atoms with Crippen molar-refractivity contribution in [1.82, 2.24) is 0 Å². The first kappa shape index (κ1) is 35.1. The third kappa shape index (κ3) is 44.1. The Morgan fingerprint density at radius 1 is 0.774 bits per heavy atom. The van der Waals surface area contributed by atoms with Crippen LogP contribution in [0.25, 0.3) is 0 Å². The molecule has 0 aromatic heterocycles. The van der Waals surface area contributed by atoms with Crippen LogP contribution in [0.2, 0.25) is 0 Å². The van der Waals surface area contributed by atoms with Crippen molar-refractivity contribution in [3.05, 3.63) is 12.2 Å². The van der Waals surface area contributed by atoms with Gasteiger partial charge in [0.1, 0.15) is 5.78 Å². The SMILES string of the molecule is CCCCCCCCC=CCCCCCCCCCC(=O)CC(=O)[O-].O=P([O-])([O-])O.[Al+3]. The minimum atomic E-state index is -5.14. The molecule has 178 valence electrons. The normalized spacial score (nSPS) is 11.0. The van der Waals surface area contributed by atoms with E-state index >= 15 is 0 Å². The zero-order valence-electron chi connectivity index (χ0n) is 19.1. The Labute approximate surface area is 199 Å². The third-order valence-corrected chi connectivity index (χ3v) is 4.56. The summed E-state index contributed by atoms with van der Waals surface area (Å²) in [5.41, 5.74) is 0. The van der Waals surface area contributed by atoms with Crippen LogP contribution in [0.15, 0.2) is 12.2 Å².